The van der Waals surface area contributed by atoms with Gasteiger partial charge in [0.05, 0.1) is 37.0 Å². The van der Waals surface area contributed by atoms with Gasteiger partial charge in [-0.25, -0.2) is 14.6 Å². The number of methoxy groups -OCH3 is 2. The number of nitrogens with zero attached hydrogens (tertiary/aromatic N) is 2. The van der Waals surface area contributed by atoms with Crippen LogP contribution in [-0.2, 0) is 24.5 Å². The van der Waals surface area contributed by atoms with Gasteiger partial charge in [0.25, 0.3) is 0 Å². The standard InChI is InChI=1S/C24H18I2N2O4/c1-12-4-9-19-24(20(22(29)31-2)21(23(30)32-3)28(19)27-12)17-10-13(25)5-7-15(17)16-8-6-14(26)11-18(16)24/h4-11,19H,1-3H3. The molecule has 1 unspecified atom stereocenters. The molecule has 1 spiro atoms. The van der Waals surface area contributed by atoms with Crippen LogP contribution in [0.5, 0.6) is 0 Å². The highest BCUT2D eigenvalue weighted by atomic mass is 127. The lowest BCUT2D eigenvalue weighted by atomic mass is 9.68. The number of esters is 2. The predicted octanol–water partition coefficient (Wildman–Crippen LogP) is 4.39. The molecular weight excluding hydrogens is 634 g/mol. The minimum Gasteiger partial charge on any atom is -0.466 e. The van der Waals surface area contributed by atoms with Crippen molar-refractivity contribution in [2.24, 2.45) is 5.10 Å². The first kappa shape index (κ1) is 21.6. The molecule has 32 heavy (non-hydrogen) atoms. The number of hydrogen-bond donors (Lipinski definition) is 0. The van der Waals surface area contributed by atoms with Gasteiger partial charge in [0, 0.05) is 7.14 Å². The van der Waals surface area contributed by atoms with E-state index < -0.39 is 23.4 Å². The quantitative estimate of drug-likeness (QED) is 0.356. The zero-order chi connectivity index (χ0) is 22.8. The smallest absolute Gasteiger partial charge is 0.356 e. The number of hydrogen-bond acceptors (Lipinski definition) is 6. The number of allylic oxidation sites excluding steroid dienone is 1. The normalized spacial score (nSPS) is 19.5. The fourth-order valence-corrected chi connectivity index (χ4v) is 6.07. The Kier molecular flexibility index (Phi) is 5.19. The van der Waals surface area contributed by atoms with Crippen LogP contribution in [0.1, 0.15) is 18.1 Å². The highest BCUT2D eigenvalue weighted by molar-refractivity contribution is 14.1. The van der Waals surface area contributed by atoms with Crippen LogP contribution in [0.2, 0.25) is 0 Å². The van der Waals surface area contributed by atoms with E-state index >= 15 is 0 Å². The number of benzene rings is 2. The Morgan fingerprint density at radius 2 is 1.53 bits per heavy atom. The number of rotatable bonds is 2. The number of carbonyl (C=O) groups excluding carboxylic acids is 2. The first-order valence-corrected chi connectivity index (χ1v) is 12.0. The van der Waals surface area contributed by atoms with Gasteiger partial charge in [-0.3, -0.25) is 0 Å². The zero-order valence-electron chi connectivity index (χ0n) is 17.5. The molecule has 0 bridgehead atoms. The third kappa shape index (κ3) is 2.77. The molecule has 2 aromatic carbocycles. The summed E-state index contributed by atoms with van der Waals surface area (Å²) in [6.07, 6.45) is 3.94. The Morgan fingerprint density at radius 1 is 0.969 bits per heavy atom. The van der Waals surface area contributed by atoms with E-state index in [2.05, 4.69) is 86.7 Å². The lowest BCUT2D eigenvalue weighted by molar-refractivity contribution is -0.140. The summed E-state index contributed by atoms with van der Waals surface area (Å²) in [5, 5.41) is 6.30. The number of ether oxygens (including phenoxy) is 2. The molecule has 5 rings (SSSR count). The maximum absolute atomic E-state index is 13.4. The molecule has 0 saturated carbocycles. The van der Waals surface area contributed by atoms with Crippen LogP contribution >= 0.6 is 45.2 Å². The van der Waals surface area contributed by atoms with E-state index in [1.807, 2.05) is 19.1 Å². The second-order valence-electron chi connectivity index (χ2n) is 7.78. The van der Waals surface area contributed by atoms with Gasteiger partial charge in [-0.1, -0.05) is 18.2 Å². The van der Waals surface area contributed by atoms with Crippen molar-refractivity contribution < 1.29 is 19.1 Å². The van der Waals surface area contributed by atoms with Crippen LogP contribution in [0.3, 0.4) is 0 Å². The van der Waals surface area contributed by atoms with Crippen LogP contribution in [0.15, 0.2) is 64.9 Å². The average molecular weight is 652 g/mol. The molecular formula is C24H18I2N2O4. The van der Waals surface area contributed by atoms with Crippen LogP contribution in [0, 0.1) is 7.14 Å². The predicted molar refractivity (Wildman–Crippen MR) is 137 cm³/mol. The first-order chi connectivity index (χ1) is 15.3. The summed E-state index contributed by atoms with van der Waals surface area (Å²) in [6.45, 7) is 1.85. The van der Waals surface area contributed by atoms with Crippen molar-refractivity contribution in [3.8, 4) is 11.1 Å². The van der Waals surface area contributed by atoms with Crippen LogP contribution < -0.4 is 0 Å². The van der Waals surface area contributed by atoms with Crippen molar-refractivity contribution in [2.75, 3.05) is 14.2 Å². The van der Waals surface area contributed by atoms with E-state index in [1.54, 1.807) is 5.01 Å². The summed E-state index contributed by atoms with van der Waals surface area (Å²) < 4.78 is 12.5. The summed E-state index contributed by atoms with van der Waals surface area (Å²) in [4.78, 5) is 26.5. The molecule has 0 fully saturated rings. The van der Waals surface area contributed by atoms with Crippen molar-refractivity contribution in [2.45, 2.75) is 18.4 Å². The van der Waals surface area contributed by atoms with Crippen molar-refractivity contribution in [1.82, 2.24) is 5.01 Å². The second kappa shape index (κ2) is 7.68. The molecule has 8 heteroatoms. The van der Waals surface area contributed by atoms with Gasteiger partial charge in [0.2, 0.25) is 0 Å². The molecule has 1 aliphatic carbocycles. The van der Waals surface area contributed by atoms with Crippen molar-refractivity contribution >= 4 is 62.8 Å². The topological polar surface area (TPSA) is 68.2 Å². The van der Waals surface area contributed by atoms with Gasteiger partial charge in [0.1, 0.15) is 0 Å². The highest BCUT2D eigenvalue weighted by Crippen LogP contribution is 2.61. The summed E-state index contributed by atoms with van der Waals surface area (Å²) >= 11 is 4.55. The van der Waals surface area contributed by atoms with E-state index in [0.29, 0.717) is 0 Å². The molecule has 0 radical (unpaired) electrons. The van der Waals surface area contributed by atoms with Gasteiger partial charge in [-0.2, -0.15) is 5.10 Å². The van der Waals surface area contributed by atoms with Crippen LogP contribution in [-0.4, -0.2) is 42.9 Å². The number of fused-ring (bicyclic) bond motifs is 7. The average Bonchev–Trinajstić information content (AvgIpc) is 3.23. The van der Waals surface area contributed by atoms with E-state index in [0.717, 1.165) is 35.1 Å². The minimum absolute atomic E-state index is 0.115. The Bertz CT molecular complexity index is 1240. The van der Waals surface area contributed by atoms with Crippen LogP contribution in [0.4, 0.5) is 0 Å². The van der Waals surface area contributed by atoms with E-state index in [1.165, 1.54) is 14.2 Å². The monoisotopic (exact) mass is 652 g/mol. The van der Waals surface area contributed by atoms with E-state index in [-0.39, 0.29) is 11.3 Å². The fraction of sp³-hybridized carbons (Fsp3) is 0.208. The summed E-state index contributed by atoms with van der Waals surface area (Å²) in [5.74, 6) is -1.19. The Labute approximate surface area is 212 Å². The Hall–Kier alpha value is -2.21. The first-order valence-electron chi connectivity index (χ1n) is 9.89. The van der Waals surface area contributed by atoms with Gasteiger partial charge < -0.3 is 9.47 Å². The van der Waals surface area contributed by atoms with Gasteiger partial charge >= 0.3 is 11.9 Å². The molecule has 3 aliphatic rings. The second-order valence-corrected chi connectivity index (χ2v) is 10.3. The zero-order valence-corrected chi connectivity index (χ0v) is 21.8. The lowest BCUT2D eigenvalue weighted by Crippen LogP contribution is -2.45. The minimum atomic E-state index is -0.968. The maximum atomic E-state index is 13.4. The Morgan fingerprint density at radius 3 is 2.06 bits per heavy atom. The summed E-state index contributed by atoms with van der Waals surface area (Å²) in [6, 6.07) is 12.0. The molecule has 6 nitrogen and oxygen atoms in total. The molecule has 1 atom stereocenters. The molecule has 0 aromatic heterocycles. The van der Waals surface area contributed by atoms with E-state index in [9.17, 15) is 9.59 Å². The number of halogens is 2. The van der Waals surface area contributed by atoms with Gasteiger partial charge in [-0.15, -0.1) is 0 Å². The molecule has 0 amide bonds. The largest absolute Gasteiger partial charge is 0.466 e. The summed E-state index contributed by atoms with van der Waals surface area (Å²) in [7, 11) is 2.64. The molecule has 0 N–H and O–H groups in total. The molecule has 0 saturated heterocycles. The fourth-order valence-electron chi connectivity index (χ4n) is 5.08. The molecule has 2 heterocycles. The third-order valence-electron chi connectivity index (χ3n) is 6.22. The lowest BCUT2D eigenvalue weighted by Gasteiger charge is -2.37. The third-order valence-corrected chi connectivity index (χ3v) is 7.57. The molecule has 162 valence electrons. The molecule has 2 aromatic rings. The van der Waals surface area contributed by atoms with Gasteiger partial charge in [0.15, 0.2) is 5.70 Å². The summed E-state index contributed by atoms with van der Waals surface area (Å²) in [5.41, 5.74) is 4.10. The van der Waals surface area contributed by atoms with E-state index in [4.69, 9.17) is 9.47 Å². The van der Waals surface area contributed by atoms with Gasteiger partial charge in [-0.05, 0) is 105 Å². The van der Waals surface area contributed by atoms with Crippen LogP contribution in [0.25, 0.3) is 11.1 Å². The Balaban J connectivity index is 1.98. The van der Waals surface area contributed by atoms with Crippen molar-refractivity contribution in [3.63, 3.8) is 0 Å². The maximum Gasteiger partial charge on any atom is 0.356 e. The number of hydrazone groups is 1. The van der Waals surface area contributed by atoms with Crippen molar-refractivity contribution in [1.29, 1.82) is 0 Å². The SMILES string of the molecule is COC(=O)C1=C(C(=O)OC)C2(c3cc(I)ccc3-c3ccc(I)cc32)C2C=CC(C)=NN12. The number of carbonyl (C=O) groups is 2. The molecule has 2 aliphatic heterocycles. The van der Waals surface area contributed by atoms with Crippen molar-refractivity contribution in [3.05, 3.63) is 78.1 Å². The highest BCUT2D eigenvalue weighted by Gasteiger charge is 2.63.